The van der Waals surface area contributed by atoms with Crippen molar-refractivity contribution in [3.05, 3.63) is 161 Å². The Hall–Kier alpha value is -4.41. The minimum atomic E-state index is 0.512. The van der Waals surface area contributed by atoms with E-state index < -0.39 is 0 Å². The van der Waals surface area contributed by atoms with E-state index in [9.17, 15) is 0 Å². The Kier molecular flexibility index (Phi) is 9.45. The molecule has 0 spiro atoms. The molecule has 0 aliphatic heterocycles. The van der Waals surface area contributed by atoms with Crippen LogP contribution in [0.5, 0.6) is 0 Å². The number of nitrogen functional groups attached to an aromatic ring is 2. The van der Waals surface area contributed by atoms with E-state index in [1.807, 2.05) is 48.5 Å². The van der Waals surface area contributed by atoms with E-state index in [0.717, 1.165) is 36.3 Å². The van der Waals surface area contributed by atoms with Gasteiger partial charge in [0.15, 0.2) is 0 Å². The lowest BCUT2D eigenvalue weighted by Crippen LogP contribution is -2.12. The minimum Gasteiger partial charge on any atom is -0.398 e. The highest BCUT2D eigenvalue weighted by molar-refractivity contribution is 5.63. The molecule has 4 aromatic carbocycles. The van der Waals surface area contributed by atoms with Gasteiger partial charge in [-0.25, -0.2) is 4.98 Å². The molecular formula is C33H34N4. The number of aromatic nitrogens is 1. The van der Waals surface area contributed by atoms with E-state index in [-0.39, 0.29) is 0 Å². The van der Waals surface area contributed by atoms with Crippen LogP contribution in [-0.2, 0) is 25.9 Å². The number of pyridine rings is 1. The number of nitrogens with zero attached hydrogens (tertiary/aromatic N) is 1. The summed E-state index contributed by atoms with van der Waals surface area (Å²) in [5.74, 6) is 0.512. The maximum Gasteiger partial charge on any atom is 0.128 e. The molecule has 0 bridgehead atoms. The second-order valence-electron chi connectivity index (χ2n) is 8.96. The maximum atomic E-state index is 6.36. The summed E-state index contributed by atoms with van der Waals surface area (Å²) in [5, 5.41) is 3.42. The van der Waals surface area contributed by atoms with Crippen LogP contribution in [0.1, 0.15) is 33.4 Å². The molecule has 0 amide bonds. The number of anilines is 2. The lowest BCUT2D eigenvalue weighted by atomic mass is 9.98. The Morgan fingerprint density at radius 2 is 0.919 bits per heavy atom. The quantitative estimate of drug-likeness (QED) is 0.237. The number of nitrogens with two attached hydrogens (primary N) is 2. The normalized spacial score (nSPS) is 10.4. The molecular weight excluding hydrogens is 452 g/mol. The first kappa shape index (κ1) is 25.7. The Labute approximate surface area is 220 Å². The number of hydrogen-bond donors (Lipinski definition) is 3. The average molecular weight is 487 g/mol. The van der Waals surface area contributed by atoms with Crippen LogP contribution in [0.25, 0.3) is 0 Å². The van der Waals surface area contributed by atoms with Crippen LogP contribution in [0.15, 0.2) is 128 Å². The Bertz CT molecular complexity index is 1300. The highest BCUT2D eigenvalue weighted by Gasteiger charge is 2.11. The molecule has 0 atom stereocenters. The number of benzene rings is 4. The van der Waals surface area contributed by atoms with Gasteiger partial charge in [0.25, 0.3) is 0 Å². The molecule has 5 rings (SSSR count). The second kappa shape index (κ2) is 13.6. The van der Waals surface area contributed by atoms with E-state index >= 15 is 0 Å². The van der Waals surface area contributed by atoms with Crippen molar-refractivity contribution in [2.45, 2.75) is 25.9 Å². The van der Waals surface area contributed by atoms with Crippen molar-refractivity contribution in [3.8, 4) is 0 Å². The molecule has 5 aromatic rings. The van der Waals surface area contributed by atoms with Gasteiger partial charge in [0.2, 0.25) is 0 Å². The largest absolute Gasteiger partial charge is 0.398 e. The lowest BCUT2D eigenvalue weighted by Gasteiger charge is -2.13. The van der Waals surface area contributed by atoms with Gasteiger partial charge in [0.1, 0.15) is 5.82 Å². The van der Waals surface area contributed by atoms with Crippen molar-refractivity contribution in [1.82, 2.24) is 10.3 Å². The molecule has 0 aliphatic carbocycles. The summed E-state index contributed by atoms with van der Waals surface area (Å²) in [7, 11) is 0. The molecule has 0 saturated carbocycles. The van der Waals surface area contributed by atoms with Crippen molar-refractivity contribution in [2.75, 3.05) is 11.5 Å². The van der Waals surface area contributed by atoms with Crippen molar-refractivity contribution in [2.24, 2.45) is 0 Å². The third-order valence-electron chi connectivity index (χ3n) is 6.14. The lowest BCUT2D eigenvalue weighted by molar-refractivity contribution is 0.693. The van der Waals surface area contributed by atoms with Crippen LogP contribution in [0, 0.1) is 0 Å². The molecule has 37 heavy (non-hydrogen) atoms. The fraction of sp³-hybridized carbons (Fsp3) is 0.121. The van der Waals surface area contributed by atoms with Gasteiger partial charge in [-0.3, -0.25) is 0 Å². The third-order valence-corrected chi connectivity index (χ3v) is 6.14. The zero-order chi connectivity index (χ0) is 25.7. The smallest absolute Gasteiger partial charge is 0.128 e. The molecule has 0 radical (unpaired) electrons. The zero-order valence-electron chi connectivity index (χ0n) is 21.1. The SMILES string of the molecule is Nc1ncc(Cc2ccccc2)c(N)c1Cc1ccccc1.c1ccc(CNCc2ccccc2)cc1. The standard InChI is InChI=1S/C19H19N3.C14H15N/c20-18-16(11-14-7-3-1-4-8-14)13-22-19(21)17(18)12-15-9-5-2-6-10-15;1-3-7-13(8-4-1)11-15-12-14-9-5-2-6-10-14/h1-10,13H,11-12H2,(H4,20,21,22);1-10,15H,11-12H2. The number of hydrogen-bond acceptors (Lipinski definition) is 4. The van der Waals surface area contributed by atoms with Gasteiger partial charge >= 0.3 is 0 Å². The van der Waals surface area contributed by atoms with Gasteiger partial charge in [0, 0.05) is 43.4 Å². The molecule has 4 heteroatoms. The molecule has 1 aromatic heterocycles. The molecule has 5 N–H and O–H groups in total. The average Bonchev–Trinajstić information content (AvgIpc) is 2.95. The summed E-state index contributed by atoms with van der Waals surface area (Å²) in [6.07, 6.45) is 3.25. The summed E-state index contributed by atoms with van der Waals surface area (Å²) in [4.78, 5) is 4.33. The second-order valence-corrected chi connectivity index (χ2v) is 8.96. The van der Waals surface area contributed by atoms with Crippen molar-refractivity contribution in [1.29, 1.82) is 0 Å². The van der Waals surface area contributed by atoms with E-state index in [0.29, 0.717) is 12.2 Å². The van der Waals surface area contributed by atoms with Crippen LogP contribution >= 0.6 is 0 Å². The summed E-state index contributed by atoms with van der Waals surface area (Å²) < 4.78 is 0. The van der Waals surface area contributed by atoms with Crippen LogP contribution in [0.3, 0.4) is 0 Å². The highest BCUT2D eigenvalue weighted by atomic mass is 14.8. The van der Waals surface area contributed by atoms with Gasteiger partial charge in [-0.1, -0.05) is 121 Å². The first-order valence-corrected chi connectivity index (χ1v) is 12.6. The van der Waals surface area contributed by atoms with Gasteiger partial charge in [-0.05, 0) is 27.8 Å². The van der Waals surface area contributed by atoms with Gasteiger partial charge in [0.05, 0.1) is 0 Å². The van der Waals surface area contributed by atoms with E-state index in [1.54, 1.807) is 6.20 Å². The fourth-order valence-corrected chi connectivity index (χ4v) is 4.11. The van der Waals surface area contributed by atoms with Crippen LogP contribution in [-0.4, -0.2) is 4.98 Å². The molecule has 0 fully saturated rings. The first-order chi connectivity index (χ1) is 18.2. The molecule has 0 unspecified atom stereocenters. The molecule has 4 nitrogen and oxygen atoms in total. The van der Waals surface area contributed by atoms with Gasteiger partial charge in [-0.15, -0.1) is 0 Å². The summed E-state index contributed by atoms with van der Waals surface area (Å²) in [6, 6.07) is 41.3. The van der Waals surface area contributed by atoms with Crippen molar-refractivity contribution in [3.63, 3.8) is 0 Å². The predicted octanol–water partition coefficient (Wildman–Crippen LogP) is 6.40. The van der Waals surface area contributed by atoms with Crippen molar-refractivity contribution >= 4 is 11.5 Å². The van der Waals surface area contributed by atoms with Gasteiger partial charge < -0.3 is 16.8 Å². The topological polar surface area (TPSA) is 77.0 Å². The van der Waals surface area contributed by atoms with Crippen LogP contribution in [0.4, 0.5) is 11.5 Å². The van der Waals surface area contributed by atoms with Crippen molar-refractivity contribution < 1.29 is 0 Å². The summed E-state index contributed by atoms with van der Waals surface area (Å²) >= 11 is 0. The van der Waals surface area contributed by atoms with Crippen LogP contribution < -0.4 is 16.8 Å². The molecule has 0 saturated heterocycles. The summed E-state index contributed by atoms with van der Waals surface area (Å²) in [6.45, 7) is 1.85. The third kappa shape index (κ3) is 8.06. The molecule has 1 heterocycles. The minimum absolute atomic E-state index is 0.512. The van der Waals surface area contributed by atoms with E-state index in [4.69, 9.17) is 11.5 Å². The first-order valence-electron chi connectivity index (χ1n) is 12.6. The van der Waals surface area contributed by atoms with E-state index in [1.165, 1.54) is 22.3 Å². The Morgan fingerprint density at radius 1 is 0.514 bits per heavy atom. The Morgan fingerprint density at radius 3 is 1.38 bits per heavy atom. The van der Waals surface area contributed by atoms with Gasteiger partial charge in [-0.2, -0.15) is 0 Å². The Balaban J connectivity index is 0.000000186. The molecule has 0 aliphatic rings. The van der Waals surface area contributed by atoms with Crippen LogP contribution in [0.2, 0.25) is 0 Å². The highest BCUT2D eigenvalue weighted by Crippen LogP contribution is 2.26. The number of rotatable bonds is 8. The maximum absolute atomic E-state index is 6.36. The summed E-state index contributed by atoms with van der Waals surface area (Å²) in [5.41, 5.74) is 20.1. The van der Waals surface area contributed by atoms with E-state index in [2.05, 4.69) is 83.1 Å². The monoisotopic (exact) mass is 486 g/mol. The zero-order valence-corrected chi connectivity index (χ0v) is 21.1. The fourth-order valence-electron chi connectivity index (χ4n) is 4.11. The predicted molar refractivity (Wildman–Crippen MR) is 155 cm³/mol. The molecule has 186 valence electrons. The number of nitrogens with one attached hydrogen (secondary N) is 1.